The standard InChI is InChI=1S/C22H26ClFN2O/c1-2-3-6-14-9-16-15-7-4-5-8-17(15)25-19(16)20(26(14)18(27)10-23)21-11-22(24,12-21)13-21/h4-5,7-8,14,20,25H,2-3,6,9-13H2,1H3/t14-,20+,21?,22?/m0/s1. The van der Waals surface area contributed by atoms with Crippen molar-refractivity contribution in [3.05, 3.63) is 35.5 Å². The number of benzene rings is 1. The van der Waals surface area contributed by atoms with E-state index in [-0.39, 0.29) is 29.3 Å². The van der Waals surface area contributed by atoms with Gasteiger partial charge in [0.15, 0.2) is 0 Å². The van der Waals surface area contributed by atoms with Gasteiger partial charge in [0, 0.05) is 28.1 Å². The Bertz CT molecular complexity index is 887. The minimum absolute atomic E-state index is 0.00840. The van der Waals surface area contributed by atoms with Crippen molar-refractivity contribution < 1.29 is 9.18 Å². The van der Waals surface area contributed by atoms with Gasteiger partial charge in [-0.2, -0.15) is 0 Å². The summed E-state index contributed by atoms with van der Waals surface area (Å²) in [5.74, 6) is -0.0179. The van der Waals surface area contributed by atoms with Crippen LogP contribution in [0.2, 0.25) is 0 Å². The lowest BCUT2D eigenvalue weighted by molar-refractivity contribution is -0.252. The van der Waals surface area contributed by atoms with Crippen LogP contribution in [0.15, 0.2) is 24.3 Å². The second-order valence-corrected chi connectivity index (χ2v) is 9.21. The van der Waals surface area contributed by atoms with Gasteiger partial charge in [-0.05, 0) is 43.7 Å². The molecule has 6 rings (SSSR count). The topological polar surface area (TPSA) is 36.1 Å². The average molecular weight is 389 g/mol. The Morgan fingerprint density at radius 1 is 1.33 bits per heavy atom. The van der Waals surface area contributed by atoms with Crippen molar-refractivity contribution in [1.29, 1.82) is 0 Å². The van der Waals surface area contributed by atoms with Gasteiger partial charge in [-0.1, -0.05) is 38.0 Å². The van der Waals surface area contributed by atoms with Crippen LogP contribution in [0, 0.1) is 5.41 Å². The fourth-order valence-electron chi connectivity index (χ4n) is 6.08. The lowest BCUT2D eigenvalue weighted by atomic mass is 9.39. The van der Waals surface area contributed by atoms with Crippen LogP contribution in [-0.4, -0.2) is 33.4 Å². The predicted octanol–water partition coefficient (Wildman–Crippen LogP) is 5.28. The largest absolute Gasteiger partial charge is 0.356 e. The molecule has 0 radical (unpaired) electrons. The van der Waals surface area contributed by atoms with E-state index in [1.165, 1.54) is 10.9 Å². The summed E-state index contributed by atoms with van der Waals surface area (Å²) in [6.45, 7) is 2.18. The number of para-hydroxylation sites is 1. The van der Waals surface area contributed by atoms with Gasteiger partial charge in [0.2, 0.25) is 5.91 Å². The lowest BCUT2D eigenvalue weighted by Crippen LogP contribution is -2.70. The van der Waals surface area contributed by atoms with E-state index in [9.17, 15) is 9.18 Å². The molecule has 3 fully saturated rings. The van der Waals surface area contributed by atoms with Gasteiger partial charge < -0.3 is 9.88 Å². The van der Waals surface area contributed by atoms with Crippen LogP contribution in [0.1, 0.15) is 62.7 Å². The second kappa shape index (κ2) is 5.97. The minimum Gasteiger partial charge on any atom is -0.356 e. The van der Waals surface area contributed by atoms with Gasteiger partial charge in [-0.15, -0.1) is 11.6 Å². The third-order valence-corrected chi connectivity index (χ3v) is 7.34. The molecule has 1 aromatic heterocycles. The Morgan fingerprint density at radius 3 is 2.74 bits per heavy atom. The van der Waals surface area contributed by atoms with Gasteiger partial charge in [0.1, 0.15) is 11.5 Å². The number of aromatic nitrogens is 1. The lowest BCUT2D eigenvalue weighted by Gasteiger charge is -2.70. The van der Waals surface area contributed by atoms with Crippen LogP contribution >= 0.6 is 11.6 Å². The molecule has 0 unspecified atom stereocenters. The Labute approximate surface area is 164 Å². The molecule has 3 aliphatic carbocycles. The van der Waals surface area contributed by atoms with Crippen LogP contribution in [0.4, 0.5) is 4.39 Å². The van der Waals surface area contributed by atoms with Crippen molar-refractivity contribution in [2.45, 2.75) is 69.6 Å². The molecular weight excluding hydrogens is 363 g/mol. The molecule has 2 atom stereocenters. The van der Waals surface area contributed by atoms with Crippen molar-refractivity contribution >= 4 is 28.4 Å². The van der Waals surface area contributed by atoms with Crippen molar-refractivity contribution in [3.63, 3.8) is 0 Å². The maximum Gasteiger partial charge on any atom is 0.238 e. The highest BCUT2D eigenvalue weighted by Crippen LogP contribution is 2.75. The maximum atomic E-state index is 14.4. The van der Waals surface area contributed by atoms with Crippen LogP contribution < -0.4 is 0 Å². The number of halogens is 2. The summed E-state index contributed by atoms with van der Waals surface area (Å²) < 4.78 is 14.4. The molecule has 0 spiro atoms. The molecule has 1 amide bonds. The van der Waals surface area contributed by atoms with Gasteiger partial charge >= 0.3 is 0 Å². The maximum absolute atomic E-state index is 14.4. The van der Waals surface area contributed by atoms with E-state index < -0.39 is 5.67 Å². The Morgan fingerprint density at radius 2 is 2.07 bits per heavy atom. The molecule has 2 aromatic rings. The Balaban J connectivity index is 1.65. The van der Waals surface area contributed by atoms with E-state index in [4.69, 9.17) is 11.6 Å². The number of nitrogens with zero attached hydrogens (tertiary/aromatic N) is 1. The molecule has 4 aliphatic rings. The third-order valence-electron chi connectivity index (χ3n) is 7.11. The van der Waals surface area contributed by atoms with Gasteiger partial charge in [-0.3, -0.25) is 4.79 Å². The van der Waals surface area contributed by atoms with E-state index >= 15 is 0 Å². The number of carbonyl (C=O) groups is 1. The second-order valence-electron chi connectivity index (χ2n) is 8.94. The summed E-state index contributed by atoms with van der Waals surface area (Å²) in [4.78, 5) is 18.6. The number of fused-ring (bicyclic) bond motifs is 3. The molecule has 3 nitrogen and oxygen atoms in total. The first-order valence-electron chi connectivity index (χ1n) is 10.2. The first-order valence-corrected chi connectivity index (χ1v) is 10.7. The van der Waals surface area contributed by atoms with E-state index in [1.807, 2.05) is 11.0 Å². The average Bonchev–Trinajstić information content (AvgIpc) is 2.99. The van der Waals surface area contributed by atoms with Crippen molar-refractivity contribution in [3.8, 4) is 0 Å². The third kappa shape index (κ3) is 2.41. The fraction of sp³-hybridized carbons (Fsp3) is 0.591. The number of amides is 1. The predicted molar refractivity (Wildman–Crippen MR) is 106 cm³/mol. The van der Waals surface area contributed by atoms with Crippen molar-refractivity contribution in [2.24, 2.45) is 5.41 Å². The van der Waals surface area contributed by atoms with E-state index in [0.29, 0.717) is 19.3 Å². The number of hydrogen-bond acceptors (Lipinski definition) is 1. The number of nitrogens with one attached hydrogen (secondary N) is 1. The summed E-state index contributed by atoms with van der Waals surface area (Å²) in [5, 5.41) is 1.25. The highest BCUT2D eigenvalue weighted by molar-refractivity contribution is 6.27. The highest BCUT2D eigenvalue weighted by atomic mass is 35.5. The first-order chi connectivity index (χ1) is 13.0. The summed E-state index contributed by atoms with van der Waals surface area (Å²) >= 11 is 6.03. The molecule has 5 heteroatoms. The molecule has 2 heterocycles. The quantitative estimate of drug-likeness (QED) is 0.694. The van der Waals surface area contributed by atoms with E-state index in [1.54, 1.807) is 0 Å². The van der Waals surface area contributed by atoms with Crippen LogP contribution in [0.5, 0.6) is 0 Å². The first kappa shape index (κ1) is 17.5. The van der Waals surface area contributed by atoms with E-state index in [0.717, 1.165) is 36.9 Å². The molecule has 1 N–H and O–H groups in total. The van der Waals surface area contributed by atoms with E-state index in [2.05, 4.69) is 30.1 Å². The number of aromatic amines is 1. The SMILES string of the molecule is CCCC[C@H]1Cc2c([nH]c3ccccc23)[C@H](C23CC(F)(C2)C3)N1C(=O)CCl. The van der Waals surface area contributed by atoms with Crippen molar-refractivity contribution in [1.82, 2.24) is 9.88 Å². The molecule has 1 aliphatic heterocycles. The molecule has 1 aromatic carbocycles. The Kier molecular flexibility index (Phi) is 3.88. The van der Waals surface area contributed by atoms with Crippen LogP contribution in [0.3, 0.4) is 0 Å². The monoisotopic (exact) mass is 388 g/mol. The number of unbranched alkanes of at least 4 members (excludes halogenated alkanes) is 1. The van der Waals surface area contributed by atoms with Crippen LogP contribution in [0.25, 0.3) is 10.9 Å². The molecule has 3 saturated carbocycles. The van der Waals surface area contributed by atoms with Gasteiger partial charge in [-0.25, -0.2) is 4.39 Å². The normalized spacial score (nSPS) is 34.1. The molecule has 27 heavy (non-hydrogen) atoms. The molecule has 0 saturated heterocycles. The zero-order valence-electron chi connectivity index (χ0n) is 15.7. The van der Waals surface area contributed by atoms with Gasteiger partial charge in [0.05, 0.1) is 6.04 Å². The summed E-state index contributed by atoms with van der Waals surface area (Å²) in [6, 6.07) is 8.44. The highest BCUT2D eigenvalue weighted by Gasteiger charge is 2.74. The fourth-order valence-corrected chi connectivity index (χ4v) is 6.22. The summed E-state index contributed by atoms with van der Waals surface area (Å²) in [7, 11) is 0. The molecule has 144 valence electrons. The number of hydrogen-bond donors (Lipinski definition) is 1. The zero-order chi connectivity index (χ0) is 18.8. The smallest absolute Gasteiger partial charge is 0.238 e. The Hall–Kier alpha value is -1.55. The number of H-pyrrole nitrogens is 1. The number of rotatable bonds is 5. The molecule has 2 bridgehead atoms. The van der Waals surface area contributed by atoms with Gasteiger partial charge in [0.25, 0.3) is 0 Å². The minimum atomic E-state index is -0.988. The summed E-state index contributed by atoms with van der Waals surface area (Å²) in [5.41, 5.74) is 2.47. The number of alkyl halides is 2. The van der Waals surface area contributed by atoms with Crippen LogP contribution in [-0.2, 0) is 11.2 Å². The zero-order valence-corrected chi connectivity index (χ0v) is 16.5. The molecular formula is C22H26ClFN2O. The van der Waals surface area contributed by atoms with Crippen molar-refractivity contribution in [2.75, 3.05) is 5.88 Å². The summed E-state index contributed by atoms with van der Waals surface area (Å²) in [6.07, 6.45) is 5.75. The number of carbonyl (C=O) groups excluding carboxylic acids is 1.